The molecule has 2 aliphatic heterocycles. The van der Waals surface area contributed by atoms with Gasteiger partial charge in [0.2, 0.25) is 0 Å². The van der Waals surface area contributed by atoms with Gasteiger partial charge in [0.15, 0.2) is 11.4 Å². The van der Waals surface area contributed by atoms with Crippen LogP contribution in [0.3, 0.4) is 0 Å². The van der Waals surface area contributed by atoms with E-state index in [2.05, 4.69) is 0 Å². The van der Waals surface area contributed by atoms with Crippen molar-refractivity contribution in [1.29, 1.82) is 0 Å². The Morgan fingerprint density at radius 2 is 2.00 bits per heavy atom. The number of nitrogens with zero attached hydrogens (tertiary/aromatic N) is 1. The third-order valence-corrected chi connectivity index (χ3v) is 4.42. The normalized spacial score (nSPS) is 21.9. The maximum Gasteiger partial charge on any atom is 0.343 e. The minimum atomic E-state index is -0.944. The van der Waals surface area contributed by atoms with Crippen molar-refractivity contribution in [2.75, 3.05) is 20.2 Å². The van der Waals surface area contributed by atoms with Crippen molar-refractivity contribution in [3.8, 4) is 0 Å². The lowest BCUT2D eigenvalue weighted by Gasteiger charge is -2.36. The fourth-order valence-electron chi connectivity index (χ4n) is 2.87. The molecular formula is C15H16ClNO4. The van der Waals surface area contributed by atoms with Crippen molar-refractivity contribution in [2.45, 2.75) is 18.4 Å². The van der Waals surface area contributed by atoms with Gasteiger partial charge in [0.1, 0.15) is 5.57 Å². The molecule has 2 aliphatic rings. The highest BCUT2D eigenvalue weighted by molar-refractivity contribution is 6.35. The van der Waals surface area contributed by atoms with E-state index in [1.165, 1.54) is 0 Å². The fraction of sp³-hybridized carbons (Fsp3) is 0.400. The molecule has 21 heavy (non-hydrogen) atoms. The van der Waals surface area contributed by atoms with Crippen molar-refractivity contribution >= 4 is 23.1 Å². The molecule has 0 amide bonds. The van der Waals surface area contributed by atoms with Gasteiger partial charge in [0.05, 0.1) is 7.11 Å². The minimum absolute atomic E-state index is 0.0173. The molecule has 0 bridgehead atoms. The van der Waals surface area contributed by atoms with E-state index in [1.54, 1.807) is 36.4 Å². The largest absolute Gasteiger partial charge is 0.507 e. The van der Waals surface area contributed by atoms with E-state index in [4.69, 9.17) is 21.2 Å². The Balaban J connectivity index is 1.98. The molecular weight excluding hydrogens is 294 g/mol. The van der Waals surface area contributed by atoms with Crippen molar-refractivity contribution in [2.24, 2.45) is 0 Å². The first-order valence-electron chi connectivity index (χ1n) is 6.78. The number of piperidine rings is 1. The van der Waals surface area contributed by atoms with Crippen molar-refractivity contribution < 1.29 is 19.5 Å². The molecule has 1 aromatic carbocycles. The summed E-state index contributed by atoms with van der Waals surface area (Å²) in [5.41, 5.74) is -0.264. The first-order chi connectivity index (χ1) is 10.1. The summed E-state index contributed by atoms with van der Waals surface area (Å²) in [6.07, 6.45) is 0.985. The van der Waals surface area contributed by atoms with Crippen LogP contribution in [-0.4, -0.2) is 41.9 Å². The molecule has 1 N–H and O–H groups in total. The molecule has 1 aromatic rings. The standard InChI is InChI=1S/C15H16ClNO4/c1-20-17-8-6-15(7-9-17)13(18)12(14(19)21-15)10-4-2-3-5-11(10)16/h2-5,18H,6-9H2,1H3. The Kier molecular flexibility index (Phi) is 3.65. The first-order valence-corrected chi connectivity index (χ1v) is 7.16. The quantitative estimate of drug-likeness (QED) is 0.851. The van der Waals surface area contributed by atoms with Gasteiger partial charge in [-0.05, 0) is 6.07 Å². The monoisotopic (exact) mass is 309 g/mol. The van der Waals surface area contributed by atoms with Crippen LogP contribution in [0.15, 0.2) is 30.0 Å². The maximum absolute atomic E-state index is 12.2. The van der Waals surface area contributed by atoms with E-state index < -0.39 is 11.6 Å². The number of carbonyl (C=O) groups excluding carboxylic acids is 1. The zero-order chi connectivity index (χ0) is 15.0. The molecule has 0 unspecified atom stereocenters. The smallest absolute Gasteiger partial charge is 0.343 e. The third-order valence-electron chi connectivity index (χ3n) is 4.09. The second-order valence-corrected chi connectivity index (χ2v) is 5.61. The van der Waals surface area contributed by atoms with Crippen LogP contribution in [0.5, 0.6) is 0 Å². The van der Waals surface area contributed by atoms with Crippen molar-refractivity contribution in [3.05, 3.63) is 40.6 Å². The van der Waals surface area contributed by atoms with E-state index in [0.717, 1.165) is 0 Å². The second-order valence-electron chi connectivity index (χ2n) is 5.20. The van der Waals surface area contributed by atoms with Gasteiger partial charge in [-0.3, -0.25) is 0 Å². The summed E-state index contributed by atoms with van der Waals surface area (Å²) in [6, 6.07) is 6.94. The number of hydroxylamine groups is 2. The number of rotatable bonds is 2. The van der Waals surface area contributed by atoms with Gasteiger partial charge in [0, 0.05) is 36.5 Å². The molecule has 6 heteroatoms. The molecule has 0 aromatic heterocycles. The lowest BCUT2D eigenvalue weighted by Crippen LogP contribution is -2.45. The lowest BCUT2D eigenvalue weighted by molar-refractivity contribution is -0.182. The zero-order valence-electron chi connectivity index (χ0n) is 11.6. The average Bonchev–Trinajstić information content (AvgIpc) is 2.72. The summed E-state index contributed by atoms with van der Waals surface area (Å²) in [5, 5.41) is 12.8. The molecule has 1 spiro atoms. The van der Waals surface area contributed by atoms with Gasteiger partial charge in [0.25, 0.3) is 0 Å². The summed E-state index contributed by atoms with van der Waals surface area (Å²) >= 11 is 6.13. The van der Waals surface area contributed by atoms with Crippen LogP contribution in [0.2, 0.25) is 5.02 Å². The highest BCUT2D eigenvalue weighted by Crippen LogP contribution is 2.44. The second kappa shape index (κ2) is 5.33. The molecule has 0 radical (unpaired) electrons. The van der Waals surface area contributed by atoms with Crippen molar-refractivity contribution in [3.63, 3.8) is 0 Å². The topological polar surface area (TPSA) is 59.0 Å². The van der Waals surface area contributed by atoms with Crippen LogP contribution in [0.1, 0.15) is 18.4 Å². The SMILES string of the molecule is CON1CCC2(CC1)OC(=O)C(c1ccccc1Cl)=C2O. The summed E-state index contributed by atoms with van der Waals surface area (Å²) in [6.45, 7) is 1.17. The number of halogens is 1. The van der Waals surface area contributed by atoms with Crippen molar-refractivity contribution in [1.82, 2.24) is 5.06 Å². The van der Waals surface area contributed by atoms with Crippen LogP contribution in [0.25, 0.3) is 5.57 Å². The summed E-state index contributed by atoms with van der Waals surface area (Å²) in [7, 11) is 1.60. The van der Waals surface area contributed by atoms with E-state index in [1.807, 2.05) is 0 Å². The Hall–Kier alpha value is -1.56. The Morgan fingerprint density at radius 1 is 1.33 bits per heavy atom. The summed E-state index contributed by atoms with van der Waals surface area (Å²) < 4.78 is 5.51. The van der Waals surface area contributed by atoms with Gasteiger partial charge < -0.3 is 14.7 Å². The van der Waals surface area contributed by atoms with Crippen LogP contribution < -0.4 is 0 Å². The van der Waals surface area contributed by atoms with Gasteiger partial charge in [-0.2, -0.15) is 5.06 Å². The van der Waals surface area contributed by atoms with Gasteiger partial charge in [-0.15, -0.1) is 0 Å². The van der Waals surface area contributed by atoms with Gasteiger partial charge in [-0.25, -0.2) is 4.79 Å². The molecule has 5 nitrogen and oxygen atoms in total. The van der Waals surface area contributed by atoms with Crippen LogP contribution in [0, 0.1) is 0 Å². The zero-order valence-corrected chi connectivity index (χ0v) is 12.4. The number of hydrogen-bond acceptors (Lipinski definition) is 5. The number of esters is 1. The third kappa shape index (κ3) is 2.31. The van der Waals surface area contributed by atoms with Crippen LogP contribution in [-0.2, 0) is 14.4 Å². The molecule has 2 heterocycles. The molecule has 0 atom stereocenters. The highest BCUT2D eigenvalue weighted by Gasteiger charge is 2.50. The van der Waals surface area contributed by atoms with Crippen LogP contribution >= 0.6 is 11.6 Å². The van der Waals surface area contributed by atoms with Crippen LogP contribution in [0.4, 0.5) is 0 Å². The molecule has 3 rings (SSSR count). The summed E-state index contributed by atoms with van der Waals surface area (Å²) in [5.74, 6) is -0.539. The van der Waals surface area contributed by atoms with E-state index in [9.17, 15) is 9.90 Å². The predicted molar refractivity (Wildman–Crippen MR) is 77.6 cm³/mol. The molecule has 1 saturated heterocycles. The van der Waals surface area contributed by atoms with Gasteiger partial charge in [-0.1, -0.05) is 29.8 Å². The number of aliphatic hydroxyl groups excluding tert-OH is 1. The molecule has 112 valence electrons. The Morgan fingerprint density at radius 3 is 2.62 bits per heavy atom. The lowest BCUT2D eigenvalue weighted by atomic mass is 9.88. The average molecular weight is 310 g/mol. The number of hydrogen-bond donors (Lipinski definition) is 1. The number of aliphatic hydroxyl groups is 1. The minimum Gasteiger partial charge on any atom is -0.507 e. The fourth-order valence-corrected chi connectivity index (χ4v) is 3.10. The number of carbonyl (C=O) groups is 1. The summed E-state index contributed by atoms with van der Waals surface area (Å²) in [4.78, 5) is 17.4. The number of benzene rings is 1. The van der Waals surface area contributed by atoms with Gasteiger partial charge >= 0.3 is 5.97 Å². The Bertz CT molecular complexity index is 605. The predicted octanol–water partition coefficient (Wildman–Crippen LogP) is 2.56. The van der Waals surface area contributed by atoms with E-state index in [-0.39, 0.29) is 11.3 Å². The molecule has 0 saturated carbocycles. The first kappa shape index (κ1) is 14.4. The van der Waals surface area contributed by atoms with E-state index >= 15 is 0 Å². The molecule has 0 aliphatic carbocycles. The molecule has 1 fully saturated rings. The highest BCUT2D eigenvalue weighted by atomic mass is 35.5. The van der Waals surface area contributed by atoms with E-state index in [0.29, 0.717) is 36.5 Å². The number of ether oxygens (including phenoxy) is 1. The maximum atomic E-state index is 12.2. The Labute approximate surface area is 127 Å².